The fraction of sp³-hybridized carbons (Fsp3) is 0.750. The van der Waals surface area contributed by atoms with Crippen molar-refractivity contribution in [3.8, 4) is 0 Å². The summed E-state index contributed by atoms with van der Waals surface area (Å²) in [6, 6.07) is 0. The summed E-state index contributed by atoms with van der Waals surface area (Å²) in [4.78, 5) is 14.6. The molecular formula is C16H27N3O2. The fourth-order valence-corrected chi connectivity index (χ4v) is 2.98. The highest BCUT2D eigenvalue weighted by Gasteiger charge is 2.22. The molecule has 118 valence electrons. The lowest BCUT2D eigenvalue weighted by Gasteiger charge is -2.30. The Morgan fingerprint density at radius 3 is 2.67 bits per heavy atom. The van der Waals surface area contributed by atoms with Crippen LogP contribution in [-0.4, -0.2) is 42.1 Å². The number of piperidine rings is 1. The largest absolute Gasteiger partial charge is 0.361 e. The average molecular weight is 293 g/mol. The molecule has 0 unspecified atom stereocenters. The van der Waals surface area contributed by atoms with Crippen LogP contribution in [0, 0.1) is 19.8 Å². The molecule has 2 heterocycles. The van der Waals surface area contributed by atoms with E-state index in [1.807, 2.05) is 18.7 Å². The Labute approximate surface area is 127 Å². The molecule has 1 N–H and O–H groups in total. The standard InChI is InChI=1S/C16H27N3O2/c1-4-9-19(11-14-5-7-17-8-6-14)16(20)10-15-12(2)18-21-13(15)3/h14,17H,4-11H2,1-3H3. The van der Waals surface area contributed by atoms with Crippen LogP contribution in [0.5, 0.6) is 0 Å². The maximum Gasteiger partial charge on any atom is 0.227 e. The van der Waals surface area contributed by atoms with Crippen molar-refractivity contribution in [2.75, 3.05) is 26.2 Å². The Kier molecular flexibility index (Phi) is 5.79. The molecule has 1 aromatic heterocycles. The van der Waals surface area contributed by atoms with Gasteiger partial charge in [0.2, 0.25) is 5.91 Å². The molecule has 1 fully saturated rings. The number of hydrogen-bond acceptors (Lipinski definition) is 4. The number of aryl methyl sites for hydroxylation is 2. The van der Waals surface area contributed by atoms with Crippen molar-refractivity contribution in [1.29, 1.82) is 0 Å². The molecule has 0 atom stereocenters. The maximum absolute atomic E-state index is 12.6. The van der Waals surface area contributed by atoms with Crippen molar-refractivity contribution in [2.24, 2.45) is 5.92 Å². The quantitative estimate of drug-likeness (QED) is 0.872. The molecule has 21 heavy (non-hydrogen) atoms. The van der Waals surface area contributed by atoms with E-state index in [9.17, 15) is 4.79 Å². The Bertz CT molecular complexity index is 445. The minimum absolute atomic E-state index is 0.199. The van der Waals surface area contributed by atoms with Gasteiger partial charge in [0.05, 0.1) is 12.1 Å². The monoisotopic (exact) mass is 293 g/mol. The third-order valence-corrected chi connectivity index (χ3v) is 4.29. The van der Waals surface area contributed by atoms with Crippen molar-refractivity contribution in [3.63, 3.8) is 0 Å². The summed E-state index contributed by atoms with van der Waals surface area (Å²) >= 11 is 0. The van der Waals surface area contributed by atoms with Gasteiger partial charge in [0.1, 0.15) is 5.76 Å². The third kappa shape index (κ3) is 4.30. The maximum atomic E-state index is 12.6. The van der Waals surface area contributed by atoms with Crippen LogP contribution < -0.4 is 5.32 Å². The number of carbonyl (C=O) groups excluding carboxylic acids is 1. The molecule has 0 saturated carbocycles. The van der Waals surface area contributed by atoms with Crippen LogP contribution in [0.25, 0.3) is 0 Å². The van der Waals surface area contributed by atoms with Crippen LogP contribution in [0.3, 0.4) is 0 Å². The molecule has 0 radical (unpaired) electrons. The molecule has 1 aliphatic heterocycles. The van der Waals surface area contributed by atoms with E-state index in [2.05, 4.69) is 17.4 Å². The topological polar surface area (TPSA) is 58.4 Å². The zero-order chi connectivity index (χ0) is 15.2. The average Bonchev–Trinajstić information content (AvgIpc) is 2.80. The second-order valence-corrected chi connectivity index (χ2v) is 6.01. The molecule has 1 aromatic rings. The van der Waals surface area contributed by atoms with Gasteiger partial charge in [-0.05, 0) is 52.1 Å². The molecule has 0 bridgehead atoms. The van der Waals surface area contributed by atoms with Gasteiger partial charge in [0, 0.05) is 18.7 Å². The van der Waals surface area contributed by atoms with E-state index in [4.69, 9.17) is 4.52 Å². The van der Waals surface area contributed by atoms with Gasteiger partial charge >= 0.3 is 0 Å². The van der Waals surface area contributed by atoms with Crippen molar-refractivity contribution >= 4 is 5.91 Å². The Balaban J connectivity index is 1.97. The highest BCUT2D eigenvalue weighted by molar-refractivity contribution is 5.79. The minimum Gasteiger partial charge on any atom is -0.361 e. The summed E-state index contributed by atoms with van der Waals surface area (Å²) in [7, 11) is 0. The van der Waals surface area contributed by atoms with Gasteiger partial charge in [-0.3, -0.25) is 4.79 Å². The van der Waals surface area contributed by atoms with E-state index in [0.29, 0.717) is 12.3 Å². The van der Waals surface area contributed by atoms with Crippen LogP contribution in [0.4, 0.5) is 0 Å². The second-order valence-electron chi connectivity index (χ2n) is 6.01. The summed E-state index contributed by atoms with van der Waals surface area (Å²) in [5.41, 5.74) is 1.78. The first-order chi connectivity index (χ1) is 10.1. The van der Waals surface area contributed by atoms with Crippen molar-refractivity contribution < 1.29 is 9.32 Å². The van der Waals surface area contributed by atoms with Crippen molar-refractivity contribution in [2.45, 2.75) is 46.5 Å². The van der Waals surface area contributed by atoms with Gasteiger partial charge in [-0.1, -0.05) is 12.1 Å². The number of nitrogens with one attached hydrogen (secondary N) is 1. The number of carbonyl (C=O) groups is 1. The summed E-state index contributed by atoms with van der Waals surface area (Å²) in [5.74, 6) is 1.59. The first-order valence-electron chi connectivity index (χ1n) is 8.02. The van der Waals surface area contributed by atoms with Crippen molar-refractivity contribution in [1.82, 2.24) is 15.4 Å². The summed E-state index contributed by atoms with van der Waals surface area (Å²) in [6.45, 7) is 9.77. The van der Waals surface area contributed by atoms with E-state index in [0.717, 1.165) is 49.6 Å². The van der Waals surface area contributed by atoms with Gasteiger partial charge in [-0.25, -0.2) is 0 Å². The zero-order valence-electron chi connectivity index (χ0n) is 13.4. The normalized spacial score (nSPS) is 16.1. The molecule has 0 aromatic carbocycles. The number of rotatable bonds is 6. The van der Waals surface area contributed by atoms with E-state index >= 15 is 0 Å². The Morgan fingerprint density at radius 2 is 2.10 bits per heavy atom. The van der Waals surface area contributed by atoms with Crippen LogP contribution in [0.1, 0.15) is 43.2 Å². The number of hydrogen-bond donors (Lipinski definition) is 1. The molecule has 2 rings (SSSR count). The van der Waals surface area contributed by atoms with Crippen LogP contribution in [0.2, 0.25) is 0 Å². The van der Waals surface area contributed by atoms with Gasteiger partial charge in [-0.2, -0.15) is 0 Å². The molecule has 1 saturated heterocycles. The predicted octanol–water partition coefficient (Wildman–Crippen LogP) is 2.07. The van der Waals surface area contributed by atoms with Gasteiger partial charge < -0.3 is 14.7 Å². The van der Waals surface area contributed by atoms with Gasteiger partial charge in [0.25, 0.3) is 0 Å². The lowest BCUT2D eigenvalue weighted by molar-refractivity contribution is -0.131. The fourth-order valence-electron chi connectivity index (χ4n) is 2.98. The summed E-state index contributed by atoms with van der Waals surface area (Å²) in [6.07, 6.45) is 3.74. The van der Waals surface area contributed by atoms with Crippen LogP contribution in [0.15, 0.2) is 4.52 Å². The second kappa shape index (κ2) is 7.59. The molecule has 1 amide bonds. The number of aromatic nitrogens is 1. The van der Waals surface area contributed by atoms with Gasteiger partial charge in [-0.15, -0.1) is 0 Å². The lowest BCUT2D eigenvalue weighted by Crippen LogP contribution is -2.40. The Morgan fingerprint density at radius 1 is 1.38 bits per heavy atom. The highest BCUT2D eigenvalue weighted by Crippen LogP contribution is 2.17. The molecule has 5 heteroatoms. The SMILES string of the molecule is CCCN(CC1CCNCC1)C(=O)Cc1c(C)noc1C. The zero-order valence-corrected chi connectivity index (χ0v) is 13.4. The van der Waals surface area contributed by atoms with Crippen molar-refractivity contribution in [3.05, 3.63) is 17.0 Å². The van der Waals surface area contributed by atoms with E-state index in [1.54, 1.807) is 0 Å². The number of amides is 1. The number of nitrogens with zero attached hydrogens (tertiary/aromatic N) is 2. The predicted molar refractivity (Wildman–Crippen MR) is 82.1 cm³/mol. The highest BCUT2D eigenvalue weighted by atomic mass is 16.5. The van der Waals surface area contributed by atoms with Gasteiger partial charge in [0.15, 0.2) is 0 Å². The molecule has 0 spiro atoms. The first-order valence-corrected chi connectivity index (χ1v) is 8.02. The minimum atomic E-state index is 0.199. The molecule has 5 nitrogen and oxygen atoms in total. The van der Waals surface area contributed by atoms with E-state index in [-0.39, 0.29) is 5.91 Å². The molecular weight excluding hydrogens is 266 g/mol. The third-order valence-electron chi connectivity index (χ3n) is 4.29. The summed E-state index contributed by atoms with van der Waals surface area (Å²) < 4.78 is 5.16. The first kappa shape index (κ1) is 16.0. The van der Waals surface area contributed by atoms with Crippen LogP contribution >= 0.6 is 0 Å². The van der Waals surface area contributed by atoms with E-state index in [1.165, 1.54) is 12.8 Å². The molecule has 1 aliphatic rings. The smallest absolute Gasteiger partial charge is 0.227 e. The van der Waals surface area contributed by atoms with Crippen LogP contribution in [-0.2, 0) is 11.2 Å². The summed E-state index contributed by atoms with van der Waals surface area (Å²) in [5, 5.41) is 7.31. The van der Waals surface area contributed by atoms with E-state index < -0.39 is 0 Å². The Hall–Kier alpha value is -1.36. The molecule has 0 aliphatic carbocycles. The lowest BCUT2D eigenvalue weighted by atomic mass is 9.97.